The average molecular weight is 219 g/mol. The second-order valence-electron chi connectivity index (χ2n) is 4.76. The van der Waals surface area contributed by atoms with E-state index in [1.165, 1.54) is 12.0 Å². The van der Waals surface area contributed by atoms with Crippen LogP contribution in [-0.4, -0.2) is 16.2 Å². The average Bonchev–Trinajstić information content (AvgIpc) is 2.35. The van der Waals surface area contributed by atoms with Crippen LogP contribution in [0.5, 0.6) is 0 Å². The molecule has 0 radical (unpaired) electrons. The molecule has 0 spiro atoms. The number of pyridine rings is 1. The molecule has 0 aromatic carbocycles. The second kappa shape index (κ2) is 5.44. The van der Waals surface area contributed by atoms with Gasteiger partial charge in [-0.15, -0.1) is 0 Å². The Morgan fingerprint density at radius 2 is 2.44 bits per heavy atom. The summed E-state index contributed by atoms with van der Waals surface area (Å²) in [7, 11) is 0. The molecular weight excluding hydrogens is 198 g/mol. The summed E-state index contributed by atoms with van der Waals surface area (Å²) < 4.78 is 0. The Kier molecular flexibility index (Phi) is 3.94. The lowest BCUT2D eigenvalue weighted by Gasteiger charge is -2.28. The Labute approximate surface area is 97.7 Å². The van der Waals surface area contributed by atoms with E-state index in [2.05, 4.69) is 18.0 Å². The number of aromatic nitrogens is 1. The van der Waals surface area contributed by atoms with Crippen molar-refractivity contribution in [2.75, 3.05) is 0 Å². The maximum absolute atomic E-state index is 10.2. The van der Waals surface area contributed by atoms with Gasteiger partial charge in [-0.25, -0.2) is 0 Å². The molecular formula is C14H21NO. The van der Waals surface area contributed by atoms with Crippen LogP contribution in [0.3, 0.4) is 0 Å². The molecule has 1 aromatic rings. The van der Waals surface area contributed by atoms with E-state index < -0.39 is 0 Å². The smallest absolute Gasteiger partial charge is 0.0623 e. The summed E-state index contributed by atoms with van der Waals surface area (Å²) in [5.74, 6) is 0.275. The first kappa shape index (κ1) is 11.6. The zero-order valence-electron chi connectivity index (χ0n) is 10.0. The first-order valence-corrected chi connectivity index (χ1v) is 6.44. The zero-order chi connectivity index (χ0) is 11.4. The van der Waals surface area contributed by atoms with E-state index in [9.17, 15) is 5.11 Å². The molecule has 1 aromatic heterocycles. The number of hydrogen-bond donors (Lipinski definition) is 1. The highest BCUT2D eigenvalue weighted by molar-refractivity contribution is 5.26. The van der Waals surface area contributed by atoms with Crippen molar-refractivity contribution < 1.29 is 5.11 Å². The number of aliphatic hydroxyl groups excluding tert-OH is 1. The number of nitrogens with zero attached hydrogens (tertiary/aromatic N) is 1. The maximum atomic E-state index is 10.2. The Balaban J connectivity index is 2.12. The molecule has 1 N–H and O–H groups in total. The van der Waals surface area contributed by atoms with E-state index in [1.807, 2.05) is 12.3 Å². The van der Waals surface area contributed by atoms with Crippen molar-refractivity contribution in [3.8, 4) is 0 Å². The SMILES string of the molecule is CCCCC(O)C1CCCc2cccnc21. The van der Waals surface area contributed by atoms with E-state index in [0.29, 0.717) is 0 Å². The summed E-state index contributed by atoms with van der Waals surface area (Å²) >= 11 is 0. The Morgan fingerprint density at radius 3 is 3.25 bits per heavy atom. The third-order valence-electron chi connectivity index (χ3n) is 3.56. The van der Waals surface area contributed by atoms with Gasteiger partial charge in [-0.2, -0.15) is 0 Å². The minimum Gasteiger partial charge on any atom is -0.392 e. The molecule has 2 nitrogen and oxygen atoms in total. The molecule has 2 heteroatoms. The first-order chi connectivity index (χ1) is 7.83. The van der Waals surface area contributed by atoms with Gasteiger partial charge < -0.3 is 5.11 Å². The molecule has 2 rings (SSSR count). The molecule has 0 saturated carbocycles. The largest absolute Gasteiger partial charge is 0.392 e. The van der Waals surface area contributed by atoms with E-state index in [4.69, 9.17) is 0 Å². The monoisotopic (exact) mass is 219 g/mol. The van der Waals surface area contributed by atoms with Crippen LogP contribution < -0.4 is 0 Å². The third kappa shape index (κ3) is 2.43. The number of unbranched alkanes of at least 4 members (excludes halogenated alkanes) is 1. The summed E-state index contributed by atoms with van der Waals surface area (Å²) in [5.41, 5.74) is 2.49. The molecule has 0 amide bonds. The number of fused-ring (bicyclic) bond motifs is 1. The van der Waals surface area contributed by atoms with Gasteiger partial charge in [-0.1, -0.05) is 25.8 Å². The van der Waals surface area contributed by atoms with Crippen molar-refractivity contribution in [2.45, 2.75) is 57.5 Å². The number of hydrogen-bond acceptors (Lipinski definition) is 2. The lowest BCUT2D eigenvalue weighted by molar-refractivity contribution is 0.121. The van der Waals surface area contributed by atoms with Crippen molar-refractivity contribution in [1.29, 1.82) is 0 Å². The molecule has 88 valence electrons. The summed E-state index contributed by atoms with van der Waals surface area (Å²) in [6.07, 6.45) is 8.23. The quantitative estimate of drug-likeness (QED) is 0.844. The van der Waals surface area contributed by atoms with Gasteiger partial charge in [0.1, 0.15) is 0 Å². The molecule has 1 heterocycles. The normalized spacial score (nSPS) is 21.5. The van der Waals surface area contributed by atoms with Crippen molar-refractivity contribution in [2.24, 2.45) is 0 Å². The highest BCUT2D eigenvalue weighted by Crippen LogP contribution is 2.33. The highest BCUT2D eigenvalue weighted by atomic mass is 16.3. The molecule has 0 aliphatic heterocycles. The zero-order valence-corrected chi connectivity index (χ0v) is 10.0. The molecule has 2 unspecified atom stereocenters. The minimum absolute atomic E-state index is 0.200. The van der Waals surface area contributed by atoms with E-state index in [-0.39, 0.29) is 12.0 Å². The van der Waals surface area contributed by atoms with Gasteiger partial charge in [-0.3, -0.25) is 4.98 Å². The fourth-order valence-corrected chi connectivity index (χ4v) is 2.63. The van der Waals surface area contributed by atoms with E-state index in [1.54, 1.807) is 0 Å². The molecule has 0 saturated heterocycles. The fourth-order valence-electron chi connectivity index (χ4n) is 2.63. The van der Waals surface area contributed by atoms with Gasteiger partial charge >= 0.3 is 0 Å². The predicted molar refractivity (Wildman–Crippen MR) is 65.4 cm³/mol. The van der Waals surface area contributed by atoms with E-state index in [0.717, 1.165) is 37.8 Å². The molecule has 0 bridgehead atoms. The van der Waals surface area contributed by atoms with Crippen molar-refractivity contribution in [1.82, 2.24) is 4.98 Å². The van der Waals surface area contributed by atoms with Gasteiger partial charge in [0.05, 0.1) is 6.10 Å². The first-order valence-electron chi connectivity index (χ1n) is 6.44. The molecule has 0 fully saturated rings. The predicted octanol–water partition coefficient (Wildman–Crippen LogP) is 3.05. The van der Waals surface area contributed by atoms with Crippen LogP contribution in [0.25, 0.3) is 0 Å². The minimum atomic E-state index is -0.200. The van der Waals surface area contributed by atoms with Gasteiger partial charge in [0.25, 0.3) is 0 Å². The van der Waals surface area contributed by atoms with Crippen LogP contribution >= 0.6 is 0 Å². The van der Waals surface area contributed by atoms with Crippen molar-refractivity contribution in [3.63, 3.8) is 0 Å². The Bertz CT molecular complexity index is 337. The van der Waals surface area contributed by atoms with Crippen LogP contribution in [0.2, 0.25) is 0 Å². The topological polar surface area (TPSA) is 33.1 Å². The molecule has 1 aliphatic carbocycles. The van der Waals surface area contributed by atoms with Gasteiger partial charge in [0.2, 0.25) is 0 Å². The van der Waals surface area contributed by atoms with Crippen LogP contribution in [0, 0.1) is 0 Å². The standard InChI is InChI=1S/C14H21NO/c1-2-3-9-13(16)12-8-4-6-11-7-5-10-15-14(11)12/h5,7,10,12-13,16H,2-4,6,8-9H2,1H3. The summed E-state index contributed by atoms with van der Waals surface area (Å²) in [6, 6.07) is 4.15. The van der Waals surface area contributed by atoms with Gasteiger partial charge in [0, 0.05) is 17.8 Å². The fraction of sp³-hybridized carbons (Fsp3) is 0.643. The maximum Gasteiger partial charge on any atom is 0.0623 e. The van der Waals surface area contributed by atoms with Gasteiger partial charge in [-0.05, 0) is 37.3 Å². The Hall–Kier alpha value is -0.890. The van der Waals surface area contributed by atoms with Crippen molar-refractivity contribution >= 4 is 0 Å². The molecule has 16 heavy (non-hydrogen) atoms. The van der Waals surface area contributed by atoms with Crippen LogP contribution in [0.1, 0.15) is 56.2 Å². The van der Waals surface area contributed by atoms with Gasteiger partial charge in [0.15, 0.2) is 0 Å². The third-order valence-corrected chi connectivity index (χ3v) is 3.56. The number of aryl methyl sites for hydroxylation is 1. The Morgan fingerprint density at radius 1 is 1.56 bits per heavy atom. The lowest BCUT2D eigenvalue weighted by Crippen LogP contribution is -2.24. The molecule has 2 atom stereocenters. The number of aliphatic hydroxyl groups is 1. The summed E-state index contributed by atoms with van der Waals surface area (Å²) in [6.45, 7) is 2.17. The summed E-state index contributed by atoms with van der Waals surface area (Å²) in [5, 5.41) is 10.2. The van der Waals surface area contributed by atoms with Crippen LogP contribution in [-0.2, 0) is 6.42 Å². The lowest BCUT2D eigenvalue weighted by atomic mass is 9.82. The second-order valence-corrected chi connectivity index (χ2v) is 4.76. The van der Waals surface area contributed by atoms with Crippen molar-refractivity contribution in [3.05, 3.63) is 29.6 Å². The highest BCUT2D eigenvalue weighted by Gasteiger charge is 2.27. The van der Waals surface area contributed by atoms with E-state index >= 15 is 0 Å². The van der Waals surface area contributed by atoms with Crippen LogP contribution in [0.15, 0.2) is 18.3 Å². The van der Waals surface area contributed by atoms with Crippen LogP contribution in [0.4, 0.5) is 0 Å². The summed E-state index contributed by atoms with van der Waals surface area (Å²) in [4.78, 5) is 4.47. The number of rotatable bonds is 4. The molecule has 1 aliphatic rings.